The van der Waals surface area contributed by atoms with Crippen molar-refractivity contribution >= 4 is 32.3 Å². The molecule has 0 N–H and O–H groups in total. The molecule has 0 radical (unpaired) electrons. The third-order valence-electron chi connectivity index (χ3n) is 12.9. The second-order valence-electron chi connectivity index (χ2n) is 16.7. The molecule has 10 aromatic rings. The molecule has 12 rings (SSSR count). The van der Waals surface area contributed by atoms with Gasteiger partial charge in [0.25, 0.3) is 0 Å². The van der Waals surface area contributed by atoms with Gasteiger partial charge in [0.05, 0.1) is 5.41 Å². The van der Waals surface area contributed by atoms with Crippen LogP contribution in [-0.2, 0) is 5.41 Å². The fourth-order valence-corrected chi connectivity index (χ4v) is 9.90. The van der Waals surface area contributed by atoms with Crippen molar-refractivity contribution in [3.05, 3.63) is 251 Å². The summed E-state index contributed by atoms with van der Waals surface area (Å²) in [6.45, 7) is 10.9. The Hall–Kier alpha value is -7.02. The van der Waals surface area contributed by atoms with Crippen molar-refractivity contribution in [1.29, 1.82) is 0 Å². The predicted octanol–water partition coefficient (Wildman–Crippen LogP) is 17.3. The molecule has 0 fully saturated rings. The predicted molar refractivity (Wildman–Crippen MR) is 268 cm³/mol. The van der Waals surface area contributed by atoms with Crippen LogP contribution in [0.15, 0.2) is 212 Å². The van der Waals surface area contributed by atoms with Crippen LogP contribution >= 0.6 is 0 Å². The van der Waals surface area contributed by atoms with Crippen molar-refractivity contribution in [2.45, 2.75) is 52.9 Å². The smallest absolute Gasteiger partial charge is 0.0654 e. The van der Waals surface area contributed by atoms with Gasteiger partial charge in [-0.05, 0) is 120 Å². The number of fused-ring (bicyclic) bond motifs is 16. The summed E-state index contributed by atoms with van der Waals surface area (Å²) in [6.07, 6.45) is 2.64. The van der Waals surface area contributed by atoms with Gasteiger partial charge in [-0.3, -0.25) is 0 Å². The lowest BCUT2D eigenvalue weighted by Gasteiger charge is -2.31. The van der Waals surface area contributed by atoms with Crippen molar-refractivity contribution in [3.63, 3.8) is 0 Å². The summed E-state index contributed by atoms with van der Waals surface area (Å²) in [7, 11) is 0. The van der Waals surface area contributed by atoms with E-state index in [9.17, 15) is 0 Å². The van der Waals surface area contributed by atoms with E-state index >= 15 is 0 Å². The van der Waals surface area contributed by atoms with E-state index in [1.165, 1.54) is 117 Å². The van der Waals surface area contributed by atoms with E-state index in [0.29, 0.717) is 0 Å². The van der Waals surface area contributed by atoms with Gasteiger partial charge in [-0.25, -0.2) is 0 Å². The molecular formula is C62H54. The van der Waals surface area contributed by atoms with Crippen molar-refractivity contribution in [1.82, 2.24) is 0 Å². The van der Waals surface area contributed by atoms with Crippen LogP contribution in [0.4, 0.5) is 0 Å². The summed E-state index contributed by atoms with van der Waals surface area (Å²) in [5, 5.41) is 8.08. The van der Waals surface area contributed by atoms with E-state index in [4.69, 9.17) is 0 Å². The van der Waals surface area contributed by atoms with Gasteiger partial charge in [0, 0.05) is 0 Å². The normalized spacial score (nSPS) is 12.2. The minimum atomic E-state index is -0.190. The Kier molecular flexibility index (Phi) is 11.4. The average molecular weight is 799 g/mol. The molecule has 2 aliphatic carbocycles. The summed E-state index contributed by atoms with van der Waals surface area (Å²) in [6, 6.07) is 76.6. The van der Waals surface area contributed by atoms with Crippen LogP contribution in [0.2, 0.25) is 0 Å². The fraction of sp³-hybridized carbons (Fsp3) is 0.129. The molecule has 1 spiro atoms. The summed E-state index contributed by atoms with van der Waals surface area (Å²) in [5.41, 5.74) is 17.6. The number of unbranched alkanes of at least 4 members (excludes halogenated alkanes) is 1. The van der Waals surface area contributed by atoms with Crippen LogP contribution in [0, 0.1) is 20.8 Å². The molecular weight excluding hydrogens is 745 g/mol. The first kappa shape index (κ1) is 40.4. The lowest BCUT2D eigenvalue weighted by molar-refractivity contribution is 0.786. The molecule has 0 amide bonds. The van der Waals surface area contributed by atoms with Gasteiger partial charge in [-0.2, -0.15) is 0 Å². The molecule has 0 saturated carbocycles. The molecule has 0 atom stereocenters. The highest BCUT2D eigenvalue weighted by Crippen LogP contribution is 2.63. The number of hydrogen-bond acceptors (Lipinski definition) is 0. The molecule has 0 unspecified atom stereocenters. The van der Waals surface area contributed by atoms with Gasteiger partial charge < -0.3 is 0 Å². The number of hydrogen-bond donors (Lipinski definition) is 0. The van der Waals surface area contributed by atoms with E-state index in [0.717, 1.165) is 0 Å². The topological polar surface area (TPSA) is 0 Å². The highest BCUT2D eigenvalue weighted by molar-refractivity contribution is 6.25. The molecule has 0 heterocycles. The highest BCUT2D eigenvalue weighted by Gasteiger charge is 2.51. The van der Waals surface area contributed by atoms with E-state index < -0.39 is 0 Å². The van der Waals surface area contributed by atoms with Gasteiger partial charge in [0.1, 0.15) is 0 Å². The Morgan fingerprint density at radius 2 is 0.694 bits per heavy atom. The van der Waals surface area contributed by atoms with Crippen molar-refractivity contribution in [2.24, 2.45) is 0 Å². The quantitative estimate of drug-likeness (QED) is 0.153. The monoisotopic (exact) mass is 798 g/mol. The van der Waals surface area contributed by atoms with Gasteiger partial charge in [-0.15, -0.1) is 0 Å². The third-order valence-corrected chi connectivity index (χ3v) is 12.9. The molecule has 0 nitrogen and oxygen atoms in total. The molecule has 302 valence electrons. The van der Waals surface area contributed by atoms with Gasteiger partial charge in [-0.1, -0.05) is 245 Å². The average Bonchev–Trinajstić information content (AvgIpc) is 3.81. The Labute approximate surface area is 368 Å². The van der Waals surface area contributed by atoms with Crippen LogP contribution in [0.5, 0.6) is 0 Å². The summed E-state index contributed by atoms with van der Waals surface area (Å²) >= 11 is 0. The zero-order valence-electron chi connectivity index (χ0n) is 36.6. The molecule has 2 aliphatic rings. The van der Waals surface area contributed by atoms with E-state index in [2.05, 4.69) is 241 Å². The first-order chi connectivity index (χ1) is 30.5. The van der Waals surface area contributed by atoms with Crippen LogP contribution < -0.4 is 0 Å². The number of benzene rings is 10. The summed E-state index contributed by atoms with van der Waals surface area (Å²) < 4.78 is 0. The van der Waals surface area contributed by atoms with E-state index in [1.807, 2.05) is 6.07 Å². The SMILES string of the molecule is CCCC.Cc1ccc2c3ccccc3c3ccccc3c2c1.Cc1cccc2c1C1(c3ccccc3-c3ccccc31)c1ccccc1-2.Cc1ccccc1-c1ccccc1. The highest BCUT2D eigenvalue weighted by atomic mass is 14.5. The van der Waals surface area contributed by atoms with Crippen LogP contribution in [0.1, 0.15) is 65.6 Å². The molecule has 0 aliphatic heterocycles. The summed E-state index contributed by atoms with van der Waals surface area (Å²) in [5.74, 6) is 0. The maximum atomic E-state index is 2.33. The van der Waals surface area contributed by atoms with Crippen LogP contribution in [0.3, 0.4) is 0 Å². The van der Waals surface area contributed by atoms with E-state index in [-0.39, 0.29) is 5.41 Å². The molecule has 0 bridgehead atoms. The minimum Gasteiger partial charge on any atom is -0.0654 e. The van der Waals surface area contributed by atoms with Crippen molar-refractivity contribution in [3.8, 4) is 33.4 Å². The molecule has 0 heteroatoms. The van der Waals surface area contributed by atoms with Crippen molar-refractivity contribution < 1.29 is 0 Å². The van der Waals surface area contributed by atoms with E-state index in [1.54, 1.807) is 0 Å². The largest absolute Gasteiger partial charge is 0.0728 e. The number of aryl methyl sites for hydroxylation is 3. The maximum Gasteiger partial charge on any atom is 0.0728 e. The standard InChI is InChI=1S/C26H18.C19H14.C13H12.C4H10/c1-17-9-8-13-21-20-12-4-7-16-24(20)26(25(17)21)22-14-5-2-10-18(22)19-11-3-6-15-23(19)26;1-13-10-11-18-16-8-3-2-6-14(16)15-7-4-5-9-17(15)19(18)12-13;1-11-7-5-6-10-13(11)12-8-3-2-4-9-12;1-3-4-2/h2-16H,1H3;2-12H,1H3;2-10H,1H3;3-4H2,1-2H3. The second-order valence-corrected chi connectivity index (χ2v) is 16.7. The van der Waals surface area contributed by atoms with Gasteiger partial charge >= 0.3 is 0 Å². The number of rotatable bonds is 2. The minimum absolute atomic E-state index is 0.190. The first-order valence-corrected chi connectivity index (χ1v) is 22.3. The molecule has 0 saturated heterocycles. The van der Waals surface area contributed by atoms with Gasteiger partial charge in [0.15, 0.2) is 0 Å². The Bertz CT molecular complexity index is 3080. The lowest BCUT2D eigenvalue weighted by Crippen LogP contribution is -2.26. The fourth-order valence-electron chi connectivity index (χ4n) is 9.90. The first-order valence-electron chi connectivity index (χ1n) is 22.3. The molecule has 10 aromatic carbocycles. The zero-order valence-corrected chi connectivity index (χ0v) is 36.6. The third kappa shape index (κ3) is 7.00. The van der Waals surface area contributed by atoms with Gasteiger partial charge in [0.2, 0.25) is 0 Å². The maximum absolute atomic E-state index is 2.33. The molecule has 0 aromatic heterocycles. The molecule has 62 heavy (non-hydrogen) atoms. The lowest BCUT2D eigenvalue weighted by atomic mass is 9.69. The van der Waals surface area contributed by atoms with Crippen LogP contribution in [0.25, 0.3) is 65.7 Å². The zero-order chi connectivity index (χ0) is 42.6. The van der Waals surface area contributed by atoms with Crippen LogP contribution in [-0.4, -0.2) is 0 Å². The second kappa shape index (κ2) is 17.5. The Morgan fingerprint density at radius 1 is 0.306 bits per heavy atom. The Morgan fingerprint density at radius 3 is 1.21 bits per heavy atom. The van der Waals surface area contributed by atoms with Crippen molar-refractivity contribution in [2.75, 3.05) is 0 Å². The summed E-state index contributed by atoms with van der Waals surface area (Å²) in [4.78, 5) is 0. The Balaban J connectivity index is 0.000000120.